The number of carbonyl (C=O) groups is 1. The van der Waals surface area contributed by atoms with Crippen molar-refractivity contribution in [2.45, 2.75) is 0 Å². The van der Waals surface area contributed by atoms with Crippen molar-refractivity contribution in [1.82, 2.24) is 0 Å². The van der Waals surface area contributed by atoms with Gasteiger partial charge in [0.25, 0.3) is 5.91 Å². The minimum Gasteiger partial charge on any atom is -0.454 e. The number of benzene rings is 2. The van der Waals surface area contributed by atoms with Gasteiger partial charge in [-0.05, 0) is 30.3 Å². The summed E-state index contributed by atoms with van der Waals surface area (Å²) < 4.78 is 24.9. The lowest BCUT2D eigenvalue weighted by atomic mass is 10.2. The normalized spacial score (nSPS) is 17.7. The number of thiocarbonyl (C=S) groups is 1. The quantitative estimate of drug-likeness (QED) is 0.550. The fourth-order valence-electron chi connectivity index (χ4n) is 2.49. The number of rotatable bonds is 2. The molecule has 0 unspecified atom stereocenters. The van der Waals surface area contributed by atoms with Crippen molar-refractivity contribution in [2.24, 2.45) is 0 Å². The molecule has 2 aromatic carbocycles. The smallest absolute Gasteiger partial charge is 0.270 e. The molecule has 0 N–H and O–H groups in total. The summed E-state index contributed by atoms with van der Waals surface area (Å²) in [6.45, 7) is 0.142. The Hall–Kier alpha value is -2.09. The molecule has 0 radical (unpaired) electrons. The van der Waals surface area contributed by atoms with Gasteiger partial charge in [-0.2, -0.15) is 0 Å². The first-order valence-corrected chi connectivity index (χ1v) is 8.76. The fraction of sp³-hybridized carbons (Fsp3) is 0.0588. The first-order chi connectivity index (χ1) is 12.0. The largest absolute Gasteiger partial charge is 0.454 e. The van der Waals surface area contributed by atoms with Gasteiger partial charge in [0.15, 0.2) is 15.8 Å². The van der Waals surface area contributed by atoms with E-state index in [1.165, 1.54) is 23.1 Å². The molecular weight excluding hydrogens is 385 g/mol. The standard InChI is InChI=1S/C17H9ClFNO3S2/c18-11-2-1-3-12(19)10(11)7-15-16(21)20(17(24)25-15)9-4-5-13-14(6-9)23-8-22-13/h1-7H,8H2. The van der Waals surface area contributed by atoms with Crippen molar-refractivity contribution in [3.63, 3.8) is 0 Å². The molecule has 0 spiro atoms. The van der Waals surface area contributed by atoms with Gasteiger partial charge in [-0.15, -0.1) is 0 Å². The number of nitrogens with zero attached hydrogens (tertiary/aromatic N) is 1. The van der Waals surface area contributed by atoms with Gasteiger partial charge in [0.1, 0.15) is 5.82 Å². The molecule has 0 atom stereocenters. The van der Waals surface area contributed by atoms with Crippen LogP contribution in [-0.4, -0.2) is 17.0 Å². The Balaban J connectivity index is 1.70. The third-order valence-corrected chi connectivity index (χ3v) is 5.31. The summed E-state index contributed by atoms with van der Waals surface area (Å²) in [5.41, 5.74) is 0.727. The number of hydrogen-bond donors (Lipinski definition) is 0. The predicted molar refractivity (Wildman–Crippen MR) is 99.6 cm³/mol. The SMILES string of the molecule is O=C1C(=Cc2c(F)cccc2Cl)SC(=S)N1c1ccc2c(c1)OCO2. The van der Waals surface area contributed by atoms with Gasteiger partial charge in [0, 0.05) is 11.6 Å². The zero-order chi connectivity index (χ0) is 17.6. The topological polar surface area (TPSA) is 38.8 Å². The second-order valence-corrected chi connectivity index (χ2v) is 7.27. The molecule has 0 saturated carbocycles. The number of ether oxygens (including phenoxy) is 2. The number of amides is 1. The molecule has 2 aromatic rings. The molecule has 4 rings (SSSR count). The zero-order valence-corrected chi connectivity index (χ0v) is 14.9. The minimum absolute atomic E-state index is 0.142. The van der Waals surface area contributed by atoms with Crippen molar-refractivity contribution in [3.05, 3.63) is 57.7 Å². The van der Waals surface area contributed by atoms with Crippen LogP contribution in [-0.2, 0) is 4.79 Å². The number of anilines is 1. The van der Waals surface area contributed by atoms with E-state index in [9.17, 15) is 9.18 Å². The summed E-state index contributed by atoms with van der Waals surface area (Å²) in [5, 5.41) is 0.230. The molecule has 0 aromatic heterocycles. The van der Waals surface area contributed by atoms with E-state index in [1.54, 1.807) is 24.3 Å². The van der Waals surface area contributed by atoms with E-state index in [1.807, 2.05) is 0 Å². The molecule has 126 valence electrons. The fourth-order valence-corrected chi connectivity index (χ4v) is 3.99. The molecule has 0 aliphatic carbocycles. The van der Waals surface area contributed by atoms with Crippen molar-refractivity contribution < 1.29 is 18.7 Å². The lowest BCUT2D eigenvalue weighted by molar-refractivity contribution is -0.113. The molecule has 1 saturated heterocycles. The summed E-state index contributed by atoms with van der Waals surface area (Å²) in [6.07, 6.45) is 1.42. The van der Waals surface area contributed by atoms with E-state index < -0.39 is 5.82 Å². The highest BCUT2D eigenvalue weighted by Crippen LogP contribution is 2.41. The van der Waals surface area contributed by atoms with E-state index in [4.69, 9.17) is 33.3 Å². The molecule has 2 heterocycles. The number of halogens is 2. The maximum absolute atomic E-state index is 14.0. The van der Waals surface area contributed by atoms with Crippen LogP contribution in [0.5, 0.6) is 11.5 Å². The highest BCUT2D eigenvalue weighted by Gasteiger charge is 2.34. The summed E-state index contributed by atoms with van der Waals surface area (Å²) >= 11 is 12.4. The van der Waals surface area contributed by atoms with Gasteiger partial charge >= 0.3 is 0 Å². The Morgan fingerprint density at radius 3 is 2.84 bits per heavy atom. The van der Waals surface area contributed by atoms with Gasteiger partial charge in [-0.3, -0.25) is 9.69 Å². The molecule has 8 heteroatoms. The van der Waals surface area contributed by atoms with E-state index in [0.717, 1.165) is 11.8 Å². The molecule has 25 heavy (non-hydrogen) atoms. The molecule has 1 amide bonds. The van der Waals surface area contributed by atoms with E-state index >= 15 is 0 Å². The van der Waals surface area contributed by atoms with Gasteiger partial charge in [0.2, 0.25) is 6.79 Å². The number of hydrogen-bond acceptors (Lipinski definition) is 5. The lowest BCUT2D eigenvalue weighted by Gasteiger charge is -2.14. The third-order valence-electron chi connectivity index (χ3n) is 3.68. The summed E-state index contributed by atoms with van der Waals surface area (Å²) in [6, 6.07) is 9.48. The molecule has 2 aliphatic heterocycles. The monoisotopic (exact) mass is 393 g/mol. The highest BCUT2D eigenvalue weighted by molar-refractivity contribution is 8.27. The van der Waals surface area contributed by atoms with Crippen LogP contribution in [0.3, 0.4) is 0 Å². The summed E-state index contributed by atoms with van der Waals surface area (Å²) in [7, 11) is 0. The Morgan fingerprint density at radius 2 is 2.04 bits per heavy atom. The van der Waals surface area contributed by atoms with E-state index in [-0.39, 0.29) is 23.3 Å². The van der Waals surface area contributed by atoms with Gasteiger partial charge in [-0.25, -0.2) is 4.39 Å². The maximum Gasteiger partial charge on any atom is 0.270 e. The lowest BCUT2D eigenvalue weighted by Crippen LogP contribution is -2.27. The van der Waals surface area contributed by atoms with Crippen LogP contribution < -0.4 is 14.4 Å². The molecule has 0 bridgehead atoms. The number of fused-ring (bicyclic) bond motifs is 1. The second kappa shape index (κ2) is 6.33. The van der Waals surface area contributed by atoms with E-state index in [2.05, 4.69) is 0 Å². The Morgan fingerprint density at radius 1 is 1.24 bits per heavy atom. The van der Waals surface area contributed by atoms with Crippen LogP contribution in [0.1, 0.15) is 5.56 Å². The number of carbonyl (C=O) groups excluding carboxylic acids is 1. The summed E-state index contributed by atoms with van der Waals surface area (Å²) in [4.78, 5) is 14.4. The Bertz CT molecular complexity index is 927. The maximum atomic E-state index is 14.0. The number of thioether (sulfide) groups is 1. The van der Waals surface area contributed by atoms with Crippen molar-refractivity contribution >= 4 is 57.6 Å². The Kier molecular flexibility index (Phi) is 4.15. The van der Waals surface area contributed by atoms with Crippen LogP contribution in [0.25, 0.3) is 6.08 Å². The van der Waals surface area contributed by atoms with Gasteiger partial charge in [0.05, 0.1) is 15.6 Å². The van der Waals surface area contributed by atoms with Crippen LogP contribution in [0.15, 0.2) is 41.3 Å². The second-order valence-electron chi connectivity index (χ2n) is 5.19. The van der Waals surface area contributed by atoms with Crippen molar-refractivity contribution in [1.29, 1.82) is 0 Å². The molecule has 2 aliphatic rings. The zero-order valence-electron chi connectivity index (χ0n) is 12.5. The van der Waals surface area contributed by atoms with E-state index in [0.29, 0.717) is 26.4 Å². The summed E-state index contributed by atoms with van der Waals surface area (Å²) in [5.74, 6) is 0.324. The molecular formula is C17H9ClFNO3S2. The molecule has 4 nitrogen and oxygen atoms in total. The average molecular weight is 394 g/mol. The van der Waals surface area contributed by atoms with Gasteiger partial charge in [-0.1, -0.05) is 41.6 Å². The van der Waals surface area contributed by atoms with Gasteiger partial charge < -0.3 is 9.47 Å². The predicted octanol–water partition coefficient (Wildman–Crippen LogP) is 4.61. The highest BCUT2D eigenvalue weighted by atomic mass is 35.5. The minimum atomic E-state index is -0.499. The van der Waals surface area contributed by atoms with Crippen LogP contribution in [0.4, 0.5) is 10.1 Å². The van der Waals surface area contributed by atoms with Crippen LogP contribution >= 0.6 is 35.6 Å². The van der Waals surface area contributed by atoms with Crippen LogP contribution in [0.2, 0.25) is 5.02 Å². The first kappa shape index (κ1) is 16.4. The first-order valence-electron chi connectivity index (χ1n) is 7.16. The van der Waals surface area contributed by atoms with Crippen molar-refractivity contribution in [2.75, 3.05) is 11.7 Å². The average Bonchev–Trinajstić information content (AvgIpc) is 3.15. The van der Waals surface area contributed by atoms with Crippen LogP contribution in [0, 0.1) is 5.82 Å². The third kappa shape index (κ3) is 2.88. The Labute approximate surface area is 157 Å². The molecule has 1 fully saturated rings. The van der Waals surface area contributed by atoms with Crippen molar-refractivity contribution in [3.8, 4) is 11.5 Å².